The summed E-state index contributed by atoms with van der Waals surface area (Å²) >= 11 is 0. The molecule has 0 aromatic heterocycles. The average molecular weight is 304 g/mol. The predicted octanol–water partition coefficient (Wildman–Crippen LogP) is 0.310. The van der Waals surface area contributed by atoms with Gasteiger partial charge in [0, 0.05) is 18.8 Å². The molecule has 0 radical (unpaired) electrons. The Morgan fingerprint density at radius 3 is 2.64 bits per heavy atom. The summed E-state index contributed by atoms with van der Waals surface area (Å²) in [5, 5.41) is 4.57. The van der Waals surface area contributed by atoms with E-state index in [-0.39, 0.29) is 24.4 Å². The minimum Gasteiger partial charge on any atom is -0.369 e. The number of hydrogen-bond acceptors (Lipinski definition) is 4. The van der Waals surface area contributed by atoms with E-state index in [1.54, 1.807) is 0 Å². The van der Waals surface area contributed by atoms with Gasteiger partial charge in [0.05, 0.1) is 12.5 Å². The van der Waals surface area contributed by atoms with E-state index in [0.717, 1.165) is 11.3 Å². The summed E-state index contributed by atoms with van der Waals surface area (Å²) in [5.41, 5.74) is 7.11. The second kappa shape index (κ2) is 6.46. The molecule has 118 valence electrons. The average Bonchev–Trinajstić information content (AvgIpc) is 2.49. The quantitative estimate of drug-likeness (QED) is 0.747. The van der Waals surface area contributed by atoms with Crippen LogP contribution in [0.3, 0.4) is 0 Å². The number of fused-ring (bicyclic) bond motifs is 1. The van der Waals surface area contributed by atoms with Gasteiger partial charge in [0.2, 0.25) is 11.8 Å². The first-order valence-electron chi connectivity index (χ1n) is 7.10. The normalized spacial score (nSPS) is 20.0. The van der Waals surface area contributed by atoms with Crippen molar-refractivity contribution in [1.82, 2.24) is 10.6 Å². The van der Waals surface area contributed by atoms with E-state index >= 15 is 0 Å². The third-order valence-electron chi connectivity index (χ3n) is 3.87. The molecule has 0 fully saturated rings. The van der Waals surface area contributed by atoms with Gasteiger partial charge >= 0.3 is 6.03 Å². The van der Waals surface area contributed by atoms with Crippen LogP contribution in [0.15, 0.2) is 24.3 Å². The minimum absolute atomic E-state index is 0.0388. The molecule has 4 amide bonds. The lowest BCUT2D eigenvalue weighted by Crippen LogP contribution is -2.48. The Kier molecular flexibility index (Phi) is 4.65. The topological polar surface area (TPSA) is 105 Å². The van der Waals surface area contributed by atoms with Crippen LogP contribution in [0.25, 0.3) is 0 Å². The van der Waals surface area contributed by atoms with Crippen LogP contribution in [0.1, 0.15) is 24.8 Å². The molecule has 1 aliphatic rings. The third-order valence-corrected chi connectivity index (χ3v) is 3.87. The number of carbonyl (C=O) groups excluding carboxylic acids is 3. The van der Waals surface area contributed by atoms with Crippen molar-refractivity contribution in [3.63, 3.8) is 0 Å². The number of anilines is 1. The molecule has 0 aliphatic carbocycles. The molecule has 22 heavy (non-hydrogen) atoms. The van der Waals surface area contributed by atoms with Gasteiger partial charge in [0.15, 0.2) is 0 Å². The Morgan fingerprint density at radius 2 is 2.00 bits per heavy atom. The van der Waals surface area contributed by atoms with E-state index in [2.05, 4.69) is 10.6 Å². The SMILES string of the molecule is CNC(=O)NC(=O)CN1c2ccccc2[C@H](C(N)=O)C[C@@H]1C. The highest BCUT2D eigenvalue weighted by Gasteiger charge is 2.33. The van der Waals surface area contributed by atoms with Gasteiger partial charge in [-0.15, -0.1) is 0 Å². The smallest absolute Gasteiger partial charge is 0.321 e. The third kappa shape index (κ3) is 3.19. The molecule has 0 unspecified atom stereocenters. The molecule has 1 heterocycles. The number of hydrogen-bond donors (Lipinski definition) is 3. The zero-order valence-electron chi connectivity index (χ0n) is 12.6. The molecule has 0 saturated carbocycles. The summed E-state index contributed by atoms with van der Waals surface area (Å²) in [5.74, 6) is -1.13. The van der Waals surface area contributed by atoms with Crippen molar-refractivity contribution in [3.8, 4) is 0 Å². The zero-order valence-corrected chi connectivity index (χ0v) is 12.6. The van der Waals surface area contributed by atoms with Crippen LogP contribution in [0.2, 0.25) is 0 Å². The lowest BCUT2D eigenvalue weighted by atomic mass is 9.85. The van der Waals surface area contributed by atoms with Crippen molar-refractivity contribution in [3.05, 3.63) is 29.8 Å². The largest absolute Gasteiger partial charge is 0.369 e. The van der Waals surface area contributed by atoms with E-state index in [1.165, 1.54) is 7.05 Å². The maximum atomic E-state index is 11.9. The number of rotatable bonds is 3. The van der Waals surface area contributed by atoms with Gasteiger partial charge < -0.3 is 16.0 Å². The lowest BCUT2D eigenvalue weighted by molar-refractivity contribution is -0.119. The van der Waals surface area contributed by atoms with Crippen molar-refractivity contribution < 1.29 is 14.4 Å². The monoisotopic (exact) mass is 304 g/mol. The molecule has 1 aliphatic heterocycles. The Morgan fingerprint density at radius 1 is 1.32 bits per heavy atom. The number of nitrogens with one attached hydrogen (secondary N) is 2. The van der Waals surface area contributed by atoms with Gasteiger partial charge in [-0.3, -0.25) is 14.9 Å². The summed E-state index contributed by atoms with van der Waals surface area (Å²) in [7, 11) is 1.44. The molecule has 7 nitrogen and oxygen atoms in total. The van der Waals surface area contributed by atoms with Crippen LogP contribution in [0, 0.1) is 0 Å². The molecule has 2 atom stereocenters. The summed E-state index contributed by atoms with van der Waals surface area (Å²) < 4.78 is 0. The maximum absolute atomic E-state index is 11.9. The fourth-order valence-corrected chi connectivity index (χ4v) is 2.77. The van der Waals surface area contributed by atoms with Crippen molar-refractivity contribution >= 4 is 23.5 Å². The van der Waals surface area contributed by atoms with Crippen LogP contribution >= 0.6 is 0 Å². The fraction of sp³-hybridized carbons (Fsp3) is 0.400. The van der Waals surface area contributed by atoms with Crippen LogP contribution in [0.5, 0.6) is 0 Å². The number of nitrogens with zero attached hydrogens (tertiary/aromatic N) is 1. The van der Waals surface area contributed by atoms with E-state index in [4.69, 9.17) is 5.73 Å². The van der Waals surface area contributed by atoms with Gasteiger partial charge in [-0.1, -0.05) is 18.2 Å². The Bertz CT molecular complexity index is 602. The number of benzene rings is 1. The highest BCUT2D eigenvalue weighted by Crippen LogP contribution is 2.37. The molecular formula is C15H20N4O3. The van der Waals surface area contributed by atoms with Gasteiger partial charge in [-0.05, 0) is 25.0 Å². The lowest BCUT2D eigenvalue weighted by Gasteiger charge is -2.39. The summed E-state index contributed by atoms with van der Waals surface area (Å²) in [6.07, 6.45) is 0.541. The van der Waals surface area contributed by atoms with E-state index < -0.39 is 11.9 Å². The van der Waals surface area contributed by atoms with Gasteiger partial charge in [-0.2, -0.15) is 0 Å². The Hall–Kier alpha value is -2.57. The molecule has 0 saturated heterocycles. The highest BCUT2D eigenvalue weighted by molar-refractivity contribution is 5.96. The number of carbonyl (C=O) groups is 3. The van der Waals surface area contributed by atoms with Crippen LogP contribution in [-0.4, -0.2) is 37.5 Å². The summed E-state index contributed by atoms with van der Waals surface area (Å²) in [6, 6.07) is 6.81. The molecule has 7 heteroatoms. The molecule has 1 aromatic carbocycles. The maximum Gasteiger partial charge on any atom is 0.321 e. The first-order chi connectivity index (χ1) is 10.4. The van der Waals surface area contributed by atoms with Crippen LogP contribution in [0.4, 0.5) is 10.5 Å². The standard InChI is InChI=1S/C15H20N4O3/c1-9-7-11(14(16)21)10-5-3-4-6-12(10)19(9)8-13(20)18-15(22)17-2/h3-6,9,11H,7-8H2,1-2H3,(H2,16,21)(H2,17,18,20,22)/t9-,11+/m0/s1. The molecule has 0 bridgehead atoms. The Labute approximate surface area is 128 Å². The van der Waals surface area contributed by atoms with Crippen LogP contribution < -0.4 is 21.3 Å². The number of nitrogens with two attached hydrogens (primary N) is 1. The number of para-hydroxylation sites is 1. The molecule has 1 aromatic rings. The molecular weight excluding hydrogens is 284 g/mol. The molecule has 2 rings (SSSR count). The van der Waals surface area contributed by atoms with Crippen molar-refractivity contribution in [2.45, 2.75) is 25.3 Å². The summed E-state index contributed by atoms with van der Waals surface area (Å²) in [6.45, 7) is 1.97. The van der Waals surface area contributed by atoms with Gasteiger partial charge in [0.1, 0.15) is 0 Å². The van der Waals surface area contributed by atoms with Crippen molar-refractivity contribution in [1.29, 1.82) is 0 Å². The molecule has 4 N–H and O–H groups in total. The number of primary amides is 1. The van der Waals surface area contributed by atoms with Crippen LogP contribution in [-0.2, 0) is 9.59 Å². The Balaban J connectivity index is 2.24. The first kappa shape index (κ1) is 15.8. The zero-order chi connectivity index (χ0) is 16.3. The second-order valence-corrected chi connectivity index (χ2v) is 5.35. The summed E-state index contributed by atoms with van der Waals surface area (Å²) in [4.78, 5) is 36.7. The highest BCUT2D eigenvalue weighted by atomic mass is 16.2. The number of amides is 4. The number of imide groups is 1. The fourth-order valence-electron chi connectivity index (χ4n) is 2.77. The van der Waals surface area contributed by atoms with Crippen molar-refractivity contribution in [2.75, 3.05) is 18.5 Å². The van der Waals surface area contributed by atoms with E-state index in [0.29, 0.717) is 6.42 Å². The second-order valence-electron chi connectivity index (χ2n) is 5.35. The number of urea groups is 1. The van der Waals surface area contributed by atoms with E-state index in [1.807, 2.05) is 36.1 Å². The van der Waals surface area contributed by atoms with Gasteiger partial charge in [0.25, 0.3) is 0 Å². The van der Waals surface area contributed by atoms with Gasteiger partial charge in [-0.25, -0.2) is 4.79 Å². The minimum atomic E-state index is -0.544. The first-order valence-corrected chi connectivity index (χ1v) is 7.10. The predicted molar refractivity (Wildman–Crippen MR) is 82.4 cm³/mol. The van der Waals surface area contributed by atoms with Crippen molar-refractivity contribution in [2.24, 2.45) is 5.73 Å². The molecule has 0 spiro atoms. The van der Waals surface area contributed by atoms with E-state index in [9.17, 15) is 14.4 Å².